The van der Waals surface area contributed by atoms with Crippen LogP contribution in [0, 0.1) is 6.92 Å². The van der Waals surface area contributed by atoms with E-state index in [0.29, 0.717) is 6.54 Å². The van der Waals surface area contributed by atoms with Crippen LogP contribution in [0.2, 0.25) is 0 Å². The van der Waals surface area contributed by atoms with E-state index >= 15 is 0 Å². The second-order valence-corrected chi connectivity index (χ2v) is 6.05. The van der Waals surface area contributed by atoms with Gasteiger partial charge < -0.3 is 10.0 Å². The van der Waals surface area contributed by atoms with Gasteiger partial charge >= 0.3 is 5.97 Å². The minimum atomic E-state index is -0.758. The Morgan fingerprint density at radius 2 is 1.78 bits per heavy atom. The summed E-state index contributed by atoms with van der Waals surface area (Å²) in [6.45, 7) is 4.97. The number of aryl methyl sites for hydroxylation is 1. The number of hydrogen-bond acceptors (Lipinski definition) is 3. The summed E-state index contributed by atoms with van der Waals surface area (Å²) in [6, 6.07) is 17.7. The molecule has 0 bridgehead atoms. The van der Waals surface area contributed by atoms with E-state index in [1.165, 1.54) is 5.56 Å². The van der Waals surface area contributed by atoms with Gasteiger partial charge in [-0.05, 0) is 24.1 Å². The van der Waals surface area contributed by atoms with Crippen LogP contribution < -0.4 is 4.90 Å². The molecule has 120 valence electrons. The number of rotatable bonds is 4. The molecular weight excluding hydrogens is 288 g/mol. The lowest BCUT2D eigenvalue weighted by molar-refractivity contribution is -0.139. The molecule has 1 aliphatic heterocycles. The van der Waals surface area contributed by atoms with Crippen molar-refractivity contribution in [3.05, 3.63) is 65.7 Å². The quantitative estimate of drug-likeness (QED) is 0.943. The number of piperazine rings is 1. The first-order valence-electron chi connectivity index (χ1n) is 7.96. The lowest BCUT2D eigenvalue weighted by Crippen LogP contribution is -2.56. The second kappa shape index (κ2) is 6.84. The minimum Gasteiger partial charge on any atom is -0.480 e. The summed E-state index contributed by atoms with van der Waals surface area (Å²) < 4.78 is 0. The Bertz CT molecular complexity index is 672. The number of benzene rings is 2. The molecule has 1 heterocycles. The van der Waals surface area contributed by atoms with E-state index < -0.39 is 12.0 Å². The van der Waals surface area contributed by atoms with Gasteiger partial charge in [0.2, 0.25) is 0 Å². The molecule has 1 fully saturated rings. The van der Waals surface area contributed by atoms with Crippen molar-refractivity contribution in [3.63, 3.8) is 0 Å². The normalized spacial score (nSPS) is 18.8. The van der Waals surface area contributed by atoms with E-state index in [-0.39, 0.29) is 0 Å². The maximum absolute atomic E-state index is 11.8. The Kier molecular flexibility index (Phi) is 4.63. The maximum Gasteiger partial charge on any atom is 0.327 e. The third-order valence-corrected chi connectivity index (χ3v) is 4.42. The zero-order valence-electron chi connectivity index (χ0n) is 13.4. The van der Waals surface area contributed by atoms with E-state index in [1.54, 1.807) is 0 Å². The van der Waals surface area contributed by atoms with E-state index in [1.807, 2.05) is 54.3 Å². The zero-order valence-corrected chi connectivity index (χ0v) is 13.4. The molecule has 23 heavy (non-hydrogen) atoms. The van der Waals surface area contributed by atoms with Crippen LogP contribution in [0.15, 0.2) is 54.6 Å². The van der Waals surface area contributed by atoms with Crippen molar-refractivity contribution in [2.75, 3.05) is 24.5 Å². The van der Waals surface area contributed by atoms with Gasteiger partial charge in [-0.25, -0.2) is 4.79 Å². The fourth-order valence-electron chi connectivity index (χ4n) is 3.21. The van der Waals surface area contributed by atoms with Gasteiger partial charge in [0.05, 0.1) is 0 Å². The van der Waals surface area contributed by atoms with Crippen LogP contribution >= 0.6 is 0 Å². The molecule has 1 saturated heterocycles. The SMILES string of the molecule is Cc1ccccc1N1CCN(Cc2ccccc2)CC1C(=O)O. The fourth-order valence-corrected chi connectivity index (χ4v) is 3.21. The number of para-hydroxylation sites is 1. The predicted octanol–water partition coefficient (Wildman–Crippen LogP) is 2.77. The fraction of sp³-hybridized carbons (Fsp3) is 0.316. The summed E-state index contributed by atoms with van der Waals surface area (Å²) in [5.41, 5.74) is 3.37. The highest BCUT2D eigenvalue weighted by atomic mass is 16.4. The second-order valence-electron chi connectivity index (χ2n) is 6.05. The van der Waals surface area contributed by atoms with Crippen molar-refractivity contribution in [3.8, 4) is 0 Å². The van der Waals surface area contributed by atoms with Gasteiger partial charge in [-0.1, -0.05) is 48.5 Å². The molecule has 1 N–H and O–H groups in total. The monoisotopic (exact) mass is 310 g/mol. The standard InChI is InChI=1S/C19H22N2O2/c1-15-7-5-6-10-17(15)21-12-11-20(14-18(21)19(22)23)13-16-8-3-2-4-9-16/h2-10,18H,11-14H2,1H3,(H,22,23). The van der Waals surface area contributed by atoms with Gasteiger partial charge in [0.15, 0.2) is 0 Å². The Morgan fingerprint density at radius 1 is 1.09 bits per heavy atom. The molecule has 4 heteroatoms. The summed E-state index contributed by atoms with van der Waals surface area (Å²) in [5, 5.41) is 9.68. The molecule has 0 aliphatic carbocycles. The molecule has 0 spiro atoms. The lowest BCUT2D eigenvalue weighted by Gasteiger charge is -2.41. The van der Waals surface area contributed by atoms with Crippen molar-refractivity contribution in [1.82, 2.24) is 4.90 Å². The number of carboxylic acids is 1. The molecule has 2 aromatic rings. The number of carboxylic acid groups (broad SMARTS) is 1. The highest BCUT2D eigenvalue weighted by Gasteiger charge is 2.32. The molecule has 2 aromatic carbocycles. The summed E-state index contributed by atoms with van der Waals surface area (Å²) in [4.78, 5) is 16.0. The van der Waals surface area contributed by atoms with Gasteiger partial charge in [0, 0.05) is 31.9 Å². The highest BCUT2D eigenvalue weighted by molar-refractivity contribution is 5.79. The Hall–Kier alpha value is -2.33. The average Bonchev–Trinajstić information content (AvgIpc) is 2.56. The van der Waals surface area contributed by atoms with Crippen molar-refractivity contribution < 1.29 is 9.90 Å². The molecule has 0 radical (unpaired) electrons. The summed E-state index contributed by atoms with van der Waals surface area (Å²) in [7, 11) is 0. The average molecular weight is 310 g/mol. The summed E-state index contributed by atoms with van der Waals surface area (Å²) >= 11 is 0. The van der Waals surface area contributed by atoms with Crippen LogP contribution in [0.4, 0.5) is 5.69 Å². The van der Waals surface area contributed by atoms with Crippen molar-refractivity contribution >= 4 is 11.7 Å². The molecule has 0 amide bonds. The van der Waals surface area contributed by atoms with E-state index in [4.69, 9.17) is 0 Å². The lowest BCUT2D eigenvalue weighted by atomic mass is 10.1. The Labute approximate surface area is 137 Å². The molecule has 1 atom stereocenters. The Morgan fingerprint density at radius 3 is 2.48 bits per heavy atom. The first kappa shape index (κ1) is 15.6. The van der Waals surface area contributed by atoms with Gasteiger partial charge in [-0.15, -0.1) is 0 Å². The first-order chi connectivity index (χ1) is 11.1. The van der Waals surface area contributed by atoms with E-state index in [0.717, 1.165) is 30.9 Å². The summed E-state index contributed by atoms with van der Waals surface area (Å²) in [6.07, 6.45) is 0. The smallest absolute Gasteiger partial charge is 0.327 e. The van der Waals surface area contributed by atoms with Crippen LogP contribution in [0.5, 0.6) is 0 Å². The van der Waals surface area contributed by atoms with E-state index in [2.05, 4.69) is 17.0 Å². The molecule has 0 aromatic heterocycles. The first-order valence-corrected chi connectivity index (χ1v) is 7.96. The maximum atomic E-state index is 11.8. The van der Waals surface area contributed by atoms with Crippen LogP contribution in [-0.4, -0.2) is 41.7 Å². The van der Waals surface area contributed by atoms with Crippen LogP contribution in [-0.2, 0) is 11.3 Å². The predicted molar refractivity (Wildman–Crippen MR) is 91.7 cm³/mol. The summed E-state index contributed by atoms with van der Waals surface area (Å²) in [5.74, 6) is -0.758. The van der Waals surface area contributed by atoms with Crippen LogP contribution in [0.3, 0.4) is 0 Å². The third-order valence-electron chi connectivity index (χ3n) is 4.42. The molecule has 3 rings (SSSR count). The Balaban J connectivity index is 1.76. The van der Waals surface area contributed by atoms with Gasteiger partial charge in [0.25, 0.3) is 0 Å². The van der Waals surface area contributed by atoms with Crippen molar-refractivity contribution in [1.29, 1.82) is 0 Å². The number of carbonyl (C=O) groups is 1. The topological polar surface area (TPSA) is 43.8 Å². The minimum absolute atomic E-state index is 0.506. The molecular formula is C19H22N2O2. The van der Waals surface area contributed by atoms with Crippen molar-refractivity contribution in [2.24, 2.45) is 0 Å². The van der Waals surface area contributed by atoms with Crippen LogP contribution in [0.1, 0.15) is 11.1 Å². The number of anilines is 1. The molecule has 1 unspecified atom stereocenters. The molecule has 1 aliphatic rings. The highest BCUT2D eigenvalue weighted by Crippen LogP contribution is 2.25. The number of aliphatic carboxylic acids is 1. The molecule has 4 nitrogen and oxygen atoms in total. The number of nitrogens with zero attached hydrogens (tertiary/aromatic N) is 2. The van der Waals surface area contributed by atoms with Gasteiger partial charge in [-0.2, -0.15) is 0 Å². The van der Waals surface area contributed by atoms with Crippen molar-refractivity contribution in [2.45, 2.75) is 19.5 Å². The van der Waals surface area contributed by atoms with Gasteiger partial charge in [0.1, 0.15) is 6.04 Å². The molecule has 0 saturated carbocycles. The van der Waals surface area contributed by atoms with Gasteiger partial charge in [-0.3, -0.25) is 4.90 Å². The zero-order chi connectivity index (χ0) is 16.2. The largest absolute Gasteiger partial charge is 0.480 e. The third kappa shape index (κ3) is 3.54. The van der Waals surface area contributed by atoms with Crippen LogP contribution in [0.25, 0.3) is 0 Å². The number of hydrogen-bond donors (Lipinski definition) is 1. The van der Waals surface area contributed by atoms with E-state index in [9.17, 15) is 9.90 Å².